The van der Waals surface area contributed by atoms with E-state index < -0.39 is 6.10 Å². The topological polar surface area (TPSA) is 29.5 Å². The van der Waals surface area contributed by atoms with Crippen molar-refractivity contribution >= 4 is 11.3 Å². The van der Waals surface area contributed by atoms with Gasteiger partial charge in [-0.25, -0.2) is 0 Å². The smallest absolute Gasteiger partial charge is 0.135 e. The molecule has 0 amide bonds. The minimum absolute atomic E-state index is 0.466. The molecule has 1 rings (SSSR count). The van der Waals surface area contributed by atoms with Gasteiger partial charge in [-0.2, -0.15) is 0 Å². The molecule has 2 nitrogen and oxygen atoms in total. The Bertz CT molecular complexity index is 319. The summed E-state index contributed by atoms with van der Waals surface area (Å²) in [6, 6.07) is 1.85. The summed E-state index contributed by atoms with van der Waals surface area (Å²) in [4.78, 5) is 0.852. The summed E-state index contributed by atoms with van der Waals surface area (Å²) in [5.41, 5.74) is 0. The average molecular weight is 196 g/mol. The van der Waals surface area contributed by atoms with E-state index in [1.807, 2.05) is 11.4 Å². The Morgan fingerprint density at radius 3 is 3.08 bits per heavy atom. The monoisotopic (exact) mass is 196 g/mol. The van der Waals surface area contributed by atoms with Gasteiger partial charge in [0.1, 0.15) is 11.9 Å². The predicted molar refractivity (Wildman–Crippen MR) is 53.9 cm³/mol. The van der Waals surface area contributed by atoms with E-state index in [1.54, 1.807) is 14.0 Å². The normalized spacial score (nSPS) is 11.6. The molecule has 0 aliphatic heterocycles. The molecule has 1 atom stereocenters. The first-order valence-corrected chi connectivity index (χ1v) is 4.86. The largest absolute Gasteiger partial charge is 0.495 e. The molecule has 0 saturated heterocycles. The quantitative estimate of drug-likeness (QED) is 0.751. The molecule has 1 aromatic heterocycles. The maximum atomic E-state index is 9.68. The SMILES string of the molecule is CC#CCC(O)c1sccc1OC. The lowest BCUT2D eigenvalue weighted by molar-refractivity contribution is 0.183. The standard InChI is InChI=1S/C10H12O2S/c1-3-4-5-8(11)10-9(12-2)6-7-13-10/h6-8,11H,5H2,1-2H3. The van der Waals surface area contributed by atoms with E-state index in [-0.39, 0.29) is 0 Å². The molecule has 70 valence electrons. The molecular formula is C10H12O2S. The van der Waals surface area contributed by atoms with Gasteiger partial charge in [0.2, 0.25) is 0 Å². The van der Waals surface area contributed by atoms with Gasteiger partial charge in [-0.15, -0.1) is 23.2 Å². The summed E-state index contributed by atoms with van der Waals surface area (Å²) >= 11 is 1.49. The Kier molecular flexibility index (Phi) is 3.81. The number of hydrogen-bond donors (Lipinski definition) is 1. The maximum Gasteiger partial charge on any atom is 0.135 e. The van der Waals surface area contributed by atoms with E-state index >= 15 is 0 Å². The van der Waals surface area contributed by atoms with Gasteiger partial charge in [0.25, 0.3) is 0 Å². The minimum Gasteiger partial charge on any atom is -0.495 e. The van der Waals surface area contributed by atoms with Gasteiger partial charge >= 0.3 is 0 Å². The predicted octanol–water partition coefficient (Wildman–Crippen LogP) is 2.20. The highest BCUT2D eigenvalue weighted by molar-refractivity contribution is 7.10. The fourth-order valence-electron chi connectivity index (χ4n) is 1.01. The Balaban J connectivity index is 2.73. The Morgan fingerprint density at radius 2 is 2.46 bits per heavy atom. The number of thiophene rings is 1. The minimum atomic E-state index is -0.526. The lowest BCUT2D eigenvalue weighted by Crippen LogP contribution is -1.95. The Morgan fingerprint density at radius 1 is 1.69 bits per heavy atom. The molecule has 1 aromatic rings. The van der Waals surface area contributed by atoms with Crippen molar-refractivity contribution in [2.24, 2.45) is 0 Å². The highest BCUT2D eigenvalue weighted by atomic mass is 32.1. The number of aliphatic hydroxyl groups is 1. The van der Waals surface area contributed by atoms with Crippen molar-refractivity contribution in [3.8, 4) is 17.6 Å². The van der Waals surface area contributed by atoms with Gasteiger partial charge in [0, 0.05) is 6.42 Å². The van der Waals surface area contributed by atoms with Gasteiger partial charge in [-0.3, -0.25) is 0 Å². The molecule has 0 aliphatic rings. The first kappa shape index (κ1) is 10.1. The second-order valence-corrected chi connectivity index (χ2v) is 3.45. The van der Waals surface area contributed by atoms with Crippen LogP contribution in [0.3, 0.4) is 0 Å². The second-order valence-electron chi connectivity index (χ2n) is 2.50. The molecule has 3 heteroatoms. The maximum absolute atomic E-state index is 9.68. The van der Waals surface area contributed by atoms with E-state index in [0.29, 0.717) is 6.42 Å². The third kappa shape index (κ3) is 2.48. The van der Waals surface area contributed by atoms with Crippen LogP contribution < -0.4 is 4.74 Å². The van der Waals surface area contributed by atoms with Crippen molar-refractivity contribution in [1.82, 2.24) is 0 Å². The summed E-state index contributed by atoms with van der Waals surface area (Å²) < 4.78 is 5.09. The van der Waals surface area contributed by atoms with E-state index in [0.717, 1.165) is 10.6 Å². The van der Waals surface area contributed by atoms with E-state index in [1.165, 1.54) is 11.3 Å². The van der Waals surface area contributed by atoms with Gasteiger partial charge in [-0.05, 0) is 18.4 Å². The molecule has 1 heterocycles. The van der Waals surface area contributed by atoms with Crippen LogP contribution in [0, 0.1) is 11.8 Å². The lowest BCUT2D eigenvalue weighted by atomic mass is 10.2. The fraction of sp³-hybridized carbons (Fsp3) is 0.400. The van der Waals surface area contributed by atoms with Crippen molar-refractivity contribution in [2.45, 2.75) is 19.4 Å². The zero-order chi connectivity index (χ0) is 9.68. The molecule has 0 aliphatic carbocycles. The van der Waals surface area contributed by atoms with Gasteiger partial charge in [0.05, 0.1) is 12.0 Å². The van der Waals surface area contributed by atoms with Crippen molar-refractivity contribution in [2.75, 3.05) is 7.11 Å². The van der Waals surface area contributed by atoms with Crippen molar-refractivity contribution < 1.29 is 9.84 Å². The van der Waals surface area contributed by atoms with Crippen LogP contribution in [0.25, 0.3) is 0 Å². The number of methoxy groups -OCH3 is 1. The van der Waals surface area contributed by atoms with Crippen LogP contribution in [-0.2, 0) is 0 Å². The molecule has 0 saturated carbocycles. The Hall–Kier alpha value is -0.980. The molecule has 0 aromatic carbocycles. The number of ether oxygens (including phenoxy) is 1. The van der Waals surface area contributed by atoms with Crippen LogP contribution in [0.4, 0.5) is 0 Å². The van der Waals surface area contributed by atoms with Gasteiger partial charge in [0.15, 0.2) is 0 Å². The van der Waals surface area contributed by atoms with E-state index in [2.05, 4.69) is 11.8 Å². The zero-order valence-corrected chi connectivity index (χ0v) is 8.52. The summed E-state index contributed by atoms with van der Waals surface area (Å²) in [6.07, 6.45) is -0.0599. The third-order valence-electron chi connectivity index (χ3n) is 1.65. The molecule has 13 heavy (non-hydrogen) atoms. The average Bonchev–Trinajstić information content (AvgIpc) is 2.61. The van der Waals surface area contributed by atoms with Crippen LogP contribution >= 0.6 is 11.3 Å². The Labute approximate surface area is 82.2 Å². The highest BCUT2D eigenvalue weighted by Gasteiger charge is 2.13. The number of hydrogen-bond acceptors (Lipinski definition) is 3. The van der Waals surface area contributed by atoms with E-state index in [9.17, 15) is 5.11 Å². The van der Waals surface area contributed by atoms with Gasteiger partial charge in [-0.1, -0.05) is 0 Å². The number of rotatable bonds is 3. The van der Waals surface area contributed by atoms with Crippen LogP contribution in [0.15, 0.2) is 11.4 Å². The van der Waals surface area contributed by atoms with Crippen molar-refractivity contribution in [3.63, 3.8) is 0 Å². The first-order chi connectivity index (χ1) is 6.29. The fourth-order valence-corrected chi connectivity index (χ4v) is 1.86. The lowest BCUT2D eigenvalue weighted by Gasteiger charge is -2.06. The zero-order valence-electron chi connectivity index (χ0n) is 7.70. The molecule has 0 radical (unpaired) electrons. The molecule has 0 bridgehead atoms. The molecule has 1 N–H and O–H groups in total. The van der Waals surface area contributed by atoms with Crippen LogP contribution in [-0.4, -0.2) is 12.2 Å². The van der Waals surface area contributed by atoms with E-state index in [4.69, 9.17) is 4.74 Å². The van der Waals surface area contributed by atoms with Crippen molar-refractivity contribution in [3.05, 3.63) is 16.3 Å². The third-order valence-corrected chi connectivity index (χ3v) is 2.65. The summed E-state index contributed by atoms with van der Waals surface area (Å²) in [5, 5.41) is 11.6. The molecule has 0 spiro atoms. The molecule has 1 unspecified atom stereocenters. The highest BCUT2D eigenvalue weighted by Crippen LogP contribution is 2.32. The van der Waals surface area contributed by atoms with Crippen LogP contribution in [0.2, 0.25) is 0 Å². The number of aliphatic hydroxyl groups excluding tert-OH is 1. The van der Waals surface area contributed by atoms with Gasteiger partial charge < -0.3 is 9.84 Å². The van der Waals surface area contributed by atoms with Crippen LogP contribution in [0.1, 0.15) is 24.3 Å². The van der Waals surface area contributed by atoms with Crippen molar-refractivity contribution in [1.29, 1.82) is 0 Å². The summed E-state index contributed by atoms with van der Waals surface area (Å²) in [7, 11) is 1.60. The summed E-state index contributed by atoms with van der Waals surface area (Å²) in [5.74, 6) is 6.34. The molecule has 0 fully saturated rings. The van der Waals surface area contributed by atoms with Crippen LogP contribution in [0.5, 0.6) is 5.75 Å². The summed E-state index contributed by atoms with van der Waals surface area (Å²) in [6.45, 7) is 1.76. The molecular weight excluding hydrogens is 184 g/mol. The second kappa shape index (κ2) is 4.90. The first-order valence-electron chi connectivity index (χ1n) is 3.98.